The predicted molar refractivity (Wildman–Crippen MR) is 87.5 cm³/mol. The Hall–Kier alpha value is -1.39. The zero-order valence-electron chi connectivity index (χ0n) is 13.1. The van der Waals surface area contributed by atoms with E-state index in [-0.39, 0.29) is 5.75 Å². The maximum atomic E-state index is 9.56. The SMILES string of the molecule is C=Cc1nc(CCCCCN2CCN(C)CC2)ccc1O. The van der Waals surface area contributed by atoms with Gasteiger partial charge >= 0.3 is 0 Å². The van der Waals surface area contributed by atoms with Crippen molar-refractivity contribution < 1.29 is 5.11 Å². The van der Waals surface area contributed by atoms with Crippen molar-refractivity contribution in [1.29, 1.82) is 0 Å². The summed E-state index contributed by atoms with van der Waals surface area (Å²) in [6.07, 6.45) is 6.23. The summed E-state index contributed by atoms with van der Waals surface area (Å²) in [5, 5.41) is 9.56. The van der Waals surface area contributed by atoms with Crippen molar-refractivity contribution in [3.8, 4) is 5.75 Å². The van der Waals surface area contributed by atoms with Crippen LogP contribution in [-0.4, -0.2) is 59.7 Å². The van der Waals surface area contributed by atoms with Crippen molar-refractivity contribution in [2.24, 2.45) is 0 Å². The summed E-state index contributed by atoms with van der Waals surface area (Å²) in [6, 6.07) is 3.62. The molecule has 0 saturated carbocycles. The fraction of sp³-hybridized carbons (Fsp3) is 0.588. The molecule has 0 radical (unpaired) electrons. The Morgan fingerprint density at radius 1 is 1.19 bits per heavy atom. The molecule has 1 aromatic heterocycles. The van der Waals surface area contributed by atoms with Gasteiger partial charge in [-0.2, -0.15) is 0 Å². The lowest BCUT2D eigenvalue weighted by Gasteiger charge is -2.32. The van der Waals surface area contributed by atoms with Gasteiger partial charge in [0.25, 0.3) is 0 Å². The Morgan fingerprint density at radius 3 is 2.67 bits per heavy atom. The van der Waals surface area contributed by atoms with E-state index in [2.05, 4.69) is 28.4 Å². The summed E-state index contributed by atoms with van der Waals surface area (Å²) in [5.41, 5.74) is 1.63. The number of pyridine rings is 1. The van der Waals surface area contributed by atoms with Crippen LogP contribution in [-0.2, 0) is 6.42 Å². The van der Waals surface area contributed by atoms with Crippen molar-refractivity contribution >= 4 is 6.08 Å². The van der Waals surface area contributed by atoms with Crippen LogP contribution in [0, 0.1) is 0 Å². The topological polar surface area (TPSA) is 39.6 Å². The number of likely N-dealkylation sites (N-methyl/N-ethyl adjacent to an activating group) is 1. The average molecular weight is 289 g/mol. The molecule has 1 aromatic rings. The van der Waals surface area contributed by atoms with Crippen LogP contribution in [0.15, 0.2) is 18.7 Å². The molecule has 0 aliphatic carbocycles. The van der Waals surface area contributed by atoms with Crippen molar-refractivity contribution in [3.63, 3.8) is 0 Å². The predicted octanol–water partition coefficient (Wildman–Crippen LogP) is 2.39. The fourth-order valence-electron chi connectivity index (χ4n) is 2.69. The molecule has 116 valence electrons. The maximum Gasteiger partial charge on any atom is 0.141 e. The Morgan fingerprint density at radius 2 is 1.95 bits per heavy atom. The smallest absolute Gasteiger partial charge is 0.141 e. The van der Waals surface area contributed by atoms with Gasteiger partial charge in [-0.1, -0.05) is 13.0 Å². The molecule has 4 nitrogen and oxygen atoms in total. The molecular weight excluding hydrogens is 262 g/mol. The molecule has 1 aliphatic rings. The molecule has 2 rings (SSSR count). The van der Waals surface area contributed by atoms with Crippen LogP contribution in [0.1, 0.15) is 30.7 Å². The highest BCUT2D eigenvalue weighted by Gasteiger charge is 2.12. The summed E-state index contributed by atoms with van der Waals surface area (Å²) in [4.78, 5) is 9.36. The lowest BCUT2D eigenvalue weighted by molar-refractivity contribution is 0.152. The van der Waals surface area contributed by atoms with Gasteiger partial charge in [0.2, 0.25) is 0 Å². The number of piperazine rings is 1. The molecule has 0 unspecified atom stereocenters. The molecule has 1 saturated heterocycles. The van der Waals surface area contributed by atoms with Crippen LogP contribution < -0.4 is 0 Å². The van der Waals surface area contributed by atoms with E-state index >= 15 is 0 Å². The van der Waals surface area contributed by atoms with E-state index in [0.717, 1.165) is 18.5 Å². The molecule has 4 heteroatoms. The van der Waals surface area contributed by atoms with E-state index in [1.54, 1.807) is 12.1 Å². The van der Waals surface area contributed by atoms with Gasteiger partial charge in [-0.25, -0.2) is 4.98 Å². The van der Waals surface area contributed by atoms with Gasteiger partial charge in [-0.3, -0.25) is 0 Å². The Kier molecular flexibility index (Phi) is 6.21. The third kappa shape index (κ3) is 5.14. The van der Waals surface area contributed by atoms with Crippen LogP contribution in [0.5, 0.6) is 5.75 Å². The monoisotopic (exact) mass is 289 g/mol. The zero-order valence-corrected chi connectivity index (χ0v) is 13.1. The minimum Gasteiger partial charge on any atom is -0.506 e. The van der Waals surface area contributed by atoms with Crippen LogP contribution in [0.4, 0.5) is 0 Å². The third-order valence-corrected chi connectivity index (χ3v) is 4.16. The van der Waals surface area contributed by atoms with Crippen molar-refractivity contribution in [2.75, 3.05) is 39.8 Å². The zero-order chi connectivity index (χ0) is 15.1. The summed E-state index contributed by atoms with van der Waals surface area (Å²) < 4.78 is 0. The van der Waals surface area contributed by atoms with Gasteiger partial charge in [0.15, 0.2) is 0 Å². The van der Waals surface area contributed by atoms with Crippen LogP contribution >= 0.6 is 0 Å². The Labute approximate surface area is 128 Å². The van der Waals surface area contributed by atoms with Crippen molar-refractivity contribution in [1.82, 2.24) is 14.8 Å². The number of aromatic nitrogens is 1. The van der Waals surface area contributed by atoms with E-state index in [0.29, 0.717) is 5.69 Å². The van der Waals surface area contributed by atoms with Gasteiger partial charge in [0.05, 0.1) is 0 Å². The number of unbranched alkanes of at least 4 members (excludes halogenated alkanes) is 2. The number of aromatic hydroxyl groups is 1. The van der Waals surface area contributed by atoms with Crippen molar-refractivity contribution in [3.05, 3.63) is 30.1 Å². The van der Waals surface area contributed by atoms with E-state index in [4.69, 9.17) is 0 Å². The third-order valence-electron chi connectivity index (χ3n) is 4.16. The first-order valence-corrected chi connectivity index (χ1v) is 7.91. The molecular formula is C17H27N3O. The molecule has 1 aliphatic heterocycles. The second kappa shape index (κ2) is 8.15. The fourth-order valence-corrected chi connectivity index (χ4v) is 2.69. The van der Waals surface area contributed by atoms with Gasteiger partial charge < -0.3 is 14.9 Å². The summed E-state index contributed by atoms with van der Waals surface area (Å²) >= 11 is 0. The van der Waals surface area contributed by atoms with E-state index in [9.17, 15) is 5.11 Å². The minimum atomic E-state index is 0.212. The Bertz CT molecular complexity index is 453. The molecule has 0 bridgehead atoms. The number of rotatable bonds is 7. The van der Waals surface area contributed by atoms with E-state index in [1.807, 2.05) is 6.07 Å². The molecule has 21 heavy (non-hydrogen) atoms. The lowest BCUT2D eigenvalue weighted by atomic mass is 10.1. The standard InChI is InChI=1S/C17H27N3O/c1-3-16-17(21)9-8-15(18-16)7-5-4-6-10-20-13-11-19(2)12-14-20/h3,8-9,21H,1,4-7,10-14H2,2H3. The summed E-state index contributed by atoms with van der Waals surface area (Å²) in [7, 11) is 2.19. The Balaban J connectivity index is 1.62. The highest BCUT2D eigenvalue weighted by Crippen LogP contribution is 2.17. The van der Waals surface area contributed by atoms with E-state index < -0.39 is 0 Å². The number of aryl methyl sites for hydroxylation is 1. The van der Waals surface area contributed by atoms with Gasteiger partial charge in [0.1, 0.15) is 11.4 Å². The normalized spacial score (nSPS) is 17.0. The minimum absolute atomic E-state index is 0.212. The number of hydrogen-bond acceptors (Lipinski definition) is 4. The van der Waals surface area contributed by atoms with Crippen molar-refractivity contribution in [2.45, 2.75) is 25.7 Å². The highest BCUT2D eigenvalue weighted by atomic mass is 16.3. The molecule has 1 N–H and O–H groups in total. The first-order valence-electron chi connectivity index (χ1n) is 7.91. The lowest BCUT2D eigenvalue weighted by Crippen LogP contribution is -2.44. The molecule has 0 aromatic carbocycles. The summed E-state index contributed by atoms with van der Waals surface area (Å²) in [5.74, 6) is 0.212. The van der Waals surface area contributed by atoms with Crippen LogP contribution in [0.3, 0.4) is 0 Å². The quantitative estimate of drug-likeness (QED) is 0.782. The maximum absolute atomic E-state index is 9.56. The number of nitrogens with zero attached hydrogens (tertiary/aromatic N) is 3. The molecule has 0 spiro atoms. The molecule has 2 heterocycles. The molecule has 1 fully saturated rings. The first-order chi connectivity index (χ1) is 10.2. The molecule has 0 atom stereocenters. The van der Waals surface area contributed by atoms with Crippen LogP contribution in [0.25, 0.3) is 6.08 Å². The average Bonchev–Trinajstić information content (AvgIpc) is 2.50. The van der Waals surface area contributed by atoms with E-state index in [1.165, 1.54) is 45.6 Å². The second-order valence-corrected chi connectivity index (χ2v) is 5.87. The second-order valence-electron chi connectivity index (χ2n) is 5.87. The van der Waals surface area contributed by atoms with Crippen LogP contribution in [0.2, 0.25) is 0 Å². The number of hydrogen-bond donors (Lipinski definition) is 1. The van der Waals surface area contributed by atoms with Gasteiger partial charge in [0, 0.05) is 31.9 Å². The largest absolute Gasteiger partial charge is 0.506 e. The summed E-state index contributed by atoms with van der Waals surface area (Å²) in [6.45, 7) is 9.69. The highest BCUT2D eigenvalue weighted by molar-refractivity contribution is 5.50. The van der Waals surface area contributed by atoms with Gasteiger partial charge in [-0.15, -0.1) is 0 Å². The van der Waals surface area contributed by atoms with Gasteiger partial charge in [-0.05, 0) is 51.1 Å². The molecule has 0 amide bonds. The first kappa shape index (κ1) is 16.0.